The number of rotatable bonds is 2. The summed E-state index contributed by atoms with van der Waals surface area (Å²) < 4.78 is 0. The Balaban J connectivity index is 2.07. The Bertz CT molecular complexity index is 666. The molecule has 18 heavy (non-hydrogen) atoms. The van der Waals surface area contributed by atoms with E-state index in [0.29, 0.717) is 0 Å². The second kappa shape index (κ2) is 4.66. The van der Waals surface area contributed by atoms with Crippen molar-refractivity contribution < 1.29 is 0 Å². The van der Waals surface area contributed by atoms with Crippen LogP contribution in [0.15, 0.2) is 66.7 Å². The quantitative estimate of drug-likeness (QED) is 0.598. The largest absolute Gasteiger partial charge is 0.0622 e. The zero-order chi connectivity index (χ0) is 12.4. The van der Waals surface area contributed by atoms with Gasteiger partial charge in [-0.25, -0.2) is 0 Å². The Labute approximate surface area is 108 Å². The predicted octanol–water partition coefficient (Wildman–Crippen LogP) is 4.74. The summed E-state index contributed by atoms with van der Waals surface area (Å²) in [7, 11) is 0. The van der Waals surface area contributed by atoms with Crippen molar-refractivity contribution in [1.29, 1.82) is 0 Å². The second-order valence-corrected chi connectivity index (χ2v) is 4.80. The molecule has 0 radical (unpaired) electrons. The SMILES string of the molecule is Cc1ccc2c(Cc3ccccc3)cccc2c1. The van der Waals surface area contributed by atoms with Gasteiger partial charge >= 0.3 is 0 Å². The number of aryl methyl sites for hydroxylation is 1. The van der Waals surface area contributed by atoms with Gasteiger partial charge in [-0.3, -0.25) is 0 Å². The number of benzene rings is 3. The lowest BCUT2D eigenvalue weighted by Gasteiger charge is -2.07. The lowest BCUT2D eigenvalue weighted by molar-refractivity contribution is 1.21. The van der Waals surface area contributed by atoms with E-state index in [-0.39, 0.29) is 0 Å². The third-order valence-electron chi connectivity index (χ3n) is 3.36. The molecule has 0 aliphatic carbocycles. The average Bonchev–Trinajstić information content (AvgIpc) is 2.40. The van der Waals surface area contributed by atoms with Gasteiger partial charge in [0.25, 0.3) is 0 Å². The fourth-order valence-corrected chi connectivity index (χ4v) is 2.44. The maximum atomic E-state index is 2.25. The van der Waals surface area contributed by atoms with Crippen molar-refractivity contribution in [2.45, 2.75) is 13.3 Å². The molecule has 0 bridgehead atoms. The molecule has 0 atom stereocenters. The van der Waals surface area contributed by atoms with E-state index in [1.807, 2.05) is 0 Å². The van der Waals surface area contributed by atoms with Crippen LogP contribution in [0.2, 0.25) is 0 Å². The molecule has 0 N–H and O–H groups in total. The van der Waals surface area contributed by atoms with E-state index in [0.717, 1.165) is 6.42 Å². The molecule has 0 amide bonds. The molecule has 0 unspecified atom stereocenters. The molecule has 0 fully saturated rings. The molecule has 0 heteroatoms. The van der Waals surface area contributed by atoms with Crippen LogP contribution >= 0.6 is 0 Å². The van der Waals surface area contributed by atoms with E-state index < -0.39 is 0 Å². The predicted molar refractivity (Wildman–Crippen MR) is 77.9 cm³/mol. The van der Waals surface area contributed by atoms with Crippen molar-refractivity contribution in [2.75, 3.05) is 0 Å². The first-order valence-electron chi connectivity index (χ1n) is 6.35. The molecular weight excluding hydrogens is 216 g/mol. The Kier molecular flexibility index (Phi) is 2.85. The molecular formula is C18H16. The minimum atomic E-state index is 1.00. The van der Waals surface area contributed by atoms with Crippen LogP contribution in [-0.4, -0.2) is 0 Å². The van der Waals surface area contributed by atoms with E-state index in [9.17, 15) is 0 Å². The van der Waals surface area contributed by atoms with Crippen LogP contribution in [0.5, 0.6) is 0 Å². The second-order valence-electron chi connectivity index (χ2n) is 4.80. The summed E-state index contributed by atoms with van der Waals surface area (Å²) in [6, 6.07) is 23.9. The number of hydrogen-bond acceptors (Lipinski definition) is 0. The summed E-state index contributed by atoms with van der Waals surface area (Å²) in [5, 5.41) is 2.70. The van der Waals surface area contributed by atoms with Gasteiger partial charge in [-0.05, 0) is 35.2 Å². The molecule has 88 valence electrons. The Morgan fingerprint density at radius 1 is 0.778 bits per heavy atom. The zero-order valence-electron chi connectivity index (χ0n) is 10.6. The molecule has 0 nitrogen and oxygen atoms in total. The van der Waals surface area contributed by atoms with Crippen LogP contribution in [0.4, 0.5) is 0 Å². The highest BCUT2D eigenvalue weighted by molar-refractivity contribution is 5.86. The molecule has 0 aliphatic rings. The van der Waals surface area contributed by atoms with Gasteiger partial charge in [-0.1, -0.05) is 72.3 Å². The lowest BCUT2D eigenvalue weighted by atomic mass is 9.97. The standard InChI is InChI=1S/C18H16/c1-14-10-11-18-16(12-14)8-5-9-17(18)13-15-6-3-2-4-7-15/h2-12H,13H2,1H3. The number of hydrogen-bond donors (Lipinski definition) is 0. The van der Waals surface area contributed by atoms with E-state index in [2.05, 4.69) is 73.7 Å². The first-order chi connectivity index (χ1) is 8.83. The van der Waals surface area contributed by atoms with E-state index in [1.54, 1.807) is 0 Å². The molecule has 3 aromatic rings. The van der Waals surface area contributed by atoms with Crippen LogP contribution in [0, 0.1) is 6.92 Å². The van der Waals surface area contributed by atoms with Crippen molar-refractivity contribution in [3.63, 3.8) is 0 Å². The van der Waals surface area contributed by atoms with Crippen molar-refractivity contribution in [3.05, 3.63) is 83.4 Å². The normalized spacial score (nSPS) is 10.7. The summed E-state index contributed by atoms with van der Waals surface area (Å²) in [6.07, 6.45) is 1.00. The summed E-state index contributed by atoms with van der Waals surface area (Å²) in [5.41, 5.74) is 4.09. The molecule has 0 aromatic heterocycles. The van der Waals surface area contributed by atoms with E-state index in [1.165, 1.54) is 27.5 Å². The van der Waals surface area contributed by atoms with E-state index in [4.69, 9.17) is 0 Å². The van der Waals surface area contributed by atoms with Crippen LogP contribution in [-0.2, 0) is 6.42 Å². The van der Waals surface area contributed by atoms with Gasteiger partial charge in [0.05, 0.1) is 0 Å². The molecule has 0 spiro atoms. The van der Waals surface area contributed by atoms with Gasteiger partial charge in [0.15, 0.2) is 0 Å². The minimum absolute atomic E-state index is 1.00. The topological polar surface area (TPSA) is 0 Å². The van der Waals surface area contributed by atoms with Crippen molar-refractivity contribution in [2.24, 2.45) is 0 Å². The fourth-order valence-electron chi connectivity index (χ4n) is 2.44. The summed E-state index contributed by atoms with van der Waals surface area (Å²) in [4.78, 5) is 0. The highest BCUT2D eigenvalue weighted by Crippen LogP contribution is 2.22. The van der Waals surface area contributed by atoms with Crippen LogP contribution in [0.1, 0.15) is 16.7 Å². The Morgan fingerprint density at radius 3 is 2.44 bits per heavy atom. The molecule has 0 saturated heterocycles. The summed E-state index contributed by atoms with van der Waals surface area (Å²) in [5.74, 6) is 0. The first-order valence-corrected chi connectivity index (χ1v) is 6.35. The summed E-state index contributed by atoms with van der Waals surface area (Å²) >= 11 is 0. The third-order valence-corrected chi connectivity index (χ3v) is 3.36. The molecule has 0 saturated carbocycles. The third kappa shape index (κ3) is 2.14. The monoisotopic (exact) mass is 232 g/mol. The van der Waals surface area contributed by atoms with Crippen LogP contribution in [0.3, 0.4) is 0 Å². The minimum Gasteiger partial charge on any atom is -0.0622 e. The van der Waals surface area contributed by atoms with Crippen LogP contribution < -0.4 is 0 Å². The van der Waals surface area contributed by atoms with Gasteiger partial charge in [0.1, 0.15) is 0 Å². The van der Waals surface area contributed by atoms with Gasteiger partial charge in [-0.15, -0.1) is 0 Å². The molecule has 0 heterocycles. The maximum Gasteiger partial charge on any atom is -0.00196 e. The maximum absolute atomic E-state index is 2.25. The van der Waals surface area contributed by atoms with Gasteiger partial charge in [0, 0.05) is 0 Å². The van der Waals surface area contributed by atoms with Gasteiger partial charge in [0.2, 0.25) is 0 Å². The smallest absolute Gasteiger partial charge is 0.00196 e. The first kappa shape index (κ1) is 11.0. The van der Waals surface area contributed by atoms with Crippen molar-refractivity contribution >= 4 is 10.8 Å². The van der Waals surface area contributed by atoms with Gasteiger partial charge < -0.3 is 0 Å². The molecule has 3 rings (SSSR count). The highest BCUT2D eigenvalue weighted by Gasteiger charge is 2.02. The Morgan fingerprint density at radius 2 is 1.61 bits per heavy atom. The summed E-state index contributed by atoms with van der Waals surface area (Å²) in [6.45, 7) is 2.14. The molecule has 0 aliphatic heterocycles. The van der Waals surface area contributed by atoms with Crippen molar-refractivity contribution in [3.8, 4) is 0 Å². The van der Waals surface area contributed by atoms with E-state index >= 15 is 0 Å². The fraction of sp³-hybridized carbons (Fsp3) is 0.111. The highest BCUT2D eigenvalue weighted by atomic mass is 14.1. The van der Waals surface area contributed by atoms with Crippen molar-refractivity contribution in [1.82, 2.24) is 0 Å². The van der Waals surface area contributed by atoms with Crippen LogP contribution in [0.25, 0.3) is 10.8 Å². The zero-order valence-corrected chi connectivity index (χ0v) is 10.6. The lowest BCUT2D eigenvalue weighted by Crippen LogP contribution is -1.89. The molecule has 3 aromatic carbocycles. The average molecular weight is 232 g/mol. The number of fused-ring (bicyclic) bond motifs is 1. The van der Waals surface area contributed by atoms with Gasteiger partial charge in [-0.2, -0.15) is 0 Å². The Hall–Kier alpha value is -2.08.